The minimum Gasteiger partial charge on any atom is -0.305 e. The van der Waals surface area contributed by atoms with Crippen molar-refractivity contribution in [2.75, 3.05) is 12.4 Å². The summed E-state index contributed by atoms with van der Waals surface area (Å²) >= 11 is -1.69. The Balaban J connectivity index is 2.91. The van der Waals surface area contributed by atoms with Gasteiger partial charge in [0.05, 0.1) is 5.88 Å². The van der Waals surface area contributed by atoms with Crippen molar-refractivity contribution in [1.82, 2.24) is 5.32 Å². The summed E-state index contributed by atoms with van der Waals surface area (Å²) < 4.78 is 18.9. The lowest BCUT2D eigenvalue weighted by molar-refractivity contribution is 0.539. The first kappa shape index (κ1) is 17.1. The second-order valence-corrected chi connectivity index (χ2v) is 5.58. The maximum atomic E-state index is 10.3. The second kappa shape index (κ2) is 14.1. The zero-order valence-electron chi connectivity index (χ0n) is 11.2. The zero-order chi connectivity index (χ0) is 12.8. The van der Waals surface area contributed by atoms with Crippen molar-refractivity contribution >= 4 is 11.1 Å². The quantitative estimate of drug-likeness (QED) is 0.394. The monoisotopic (exact) mass is 263 g/mol. The molecule has 0 aliphatic carbocycles. The van der Waals surface area contributed by atoms with Crippen molar-refractivity contribution in [3.8, 4) is 0 Å². The lowest BCUT2D eigenvalue weighted by Crippen LogP contribution is -2.19. The molecule has 1 atom stereocenters. The van der Waals surface area contributed by atoms with E-state index in [0.717, 1.165) is 13.0 Å². The molecule has 0 aromatic heterocycles. The molecule has 0 bridgehead atoms. The SMILES string of the molecule is CCCCCCCCCCCCNCS(=O)O. The first-order chi connectivity index (χ1) is 8.27. The van der Waals surface area contributed by atoms with Crippen molar-refractivity contribution in [2.45, 2.75) is 71.1 Å². The van der Waals surface area contributed by atoms with E-state index >= 15 is 0 Å². The van der Waals surface area contributed by atoms with Gasteiger partial charge in [0.2, 0.25) is 0 Å². The Kier molecular flexibility index (Phi) is 14.2. The summed E-state index contributed by atoms with van der Waals surface area (Å²) in [6, 6.07) is 0. The lowest BCUT2D eigenvalue weighted by atomic mass is 10.1. The van der Waals surface area contributed by atoms with E-state index in [4.69, 9.17) is 4.55 Å². The summed E-state index contributed by atoms with van der Waals surface area (Å²) in [4.78, 5) is 0. The van der Waals surface area contributed by atoms with Gasteiger partial charge in [-0.25, -0.2) is 4.21 Å². The molecule has 0 aliphatic rings. The fourth-order valence-electron chi connectivity index (χ4n) is 1.90. The van der Waals surface area contributed by atoms with Gasteiger partial charge in [-0.05, 0) is 13.0 Å². The molecule has 4 heteroatoms. The molecule has 0 aliphatic heterocycles. The molecule has 3 nitrogen and oxygen atoms in total. The van der Waals surface area contributed by atoms with Crippen LogP contribution in [0.1, 0.15) is 71.1 Å². The van der Waals surface area contributed by atoms with Crippen LogP contribution in [0.15, 0.2) is 0 Å². The van der Waals surface area contributed by atoms with Crippen molar-refractivity contribution in [1.29, 1.82) is 0 Å². The second-order valence-electron chi connectivity index (χ2n) is 4.65. The van der Waals surface area contributed by atoms with Crippen molar-refractivity contribution in [2.24, 2.45) is 0 Å². The van der Waals surface area contributed by atoms with E-state index in [1.54, 1.807) is 0 Å². The van der Waals surface area contributed by atoms with Gasteiger partial charge in [-0.3, -0.25) is 0 Å². The van der Waals surface area contributed by atoms with Gasteiger partial charge < -0.3 is 9.87 Å². The first-order valence-corrected chi connectivity index (χ1v) is 8.33. The summed E-state index contributed by atoms with van der Waals surface area (Å²) in [7, 11) is 0. The third kappa shape index (κ3) is 16.1. The van der Waals surface area contributed by atoms with E-state index in [0.29, 0.717) is 0 Å². The van der Waals surface area contributed by atoms with Crippen LogP contribution >= 0.6 is 0 Å². The molecule has 0 radical (unpaired) electrons. The van der Waals surface area contributed by atoms with E-state index < -0.39 is 11.1 Å². The topological polar surface area (TPSA) is 49.3 Å². The van der Waals surface area contributed by atoms with Crippen LogP contribution < -0.4 is 5.32 Å². The van der Waals surface area contributed by atoms with Gasteiger partial charge in [0.1, 0.15) is 0 Å². The Hall–Kier alpha value is 0.0700. The highest BCUT2D eigenvalue weighted by Crippen LogP contribution is 2.10. The third-order valence-electron chi connectivity index (χ3n) is 2.93. The number of unbranched alkanes of at least 4 members (excludes halogenated alkanes) is 9. The van der Waals surface area contributed by atoms with Crippen LogP contribution in [0.2, 0.25) is 0 Å². The van der Waals surface area contributed by atoms with Gasteiger partial charge in [0.25, 0.3) is 0 Å². The standard InChI is InChI=1S/C13H29NO2S/c1-2-3-4-5-6-7-8-9-10-11-12-14-13-17(15)16/h14H,2-13H2,1H3,(H,15,16). The number of rotatable bonds is 13. The summed E-state index contributed by atoms with van der Waals surface area (Å²) in [6.45, 7) is 3.11. The molecule has 0 fully saturated rings. The van der Waals surface area contributed by atoms with Gasteiger partial charge in [0, 0.05) is 0 Å². The molecule has 2 N–H and O–H groups in total. The minimum absolute atomic E-state index is 0.206. The average Bonchev–Trinajstić information content (AvgIpc) is 2.30. The molecule has 0 aromatic rings. The Labute approximate surface area is 109 Å². The molecule has 0 spiro atoms. The molecular formula is C13H29NO2S. The van der Waals surface area contributed by atoms with Gasteiger partial charge in [0.15, 0.2) is 11.1 Å². The molecule has 0 saturated heterocycles. The number of hydrogen-bond acceptors (Lipinski definition) is 2. The summed E-state index contributed by atoms with van der Waals surface area (Å²) in [5, 5.41) is 2.96. The van der Waals surface area contributed by atoms with Gasteiger partial charge in [-0.1, -0.05) is 64.7 Å². The highest BCUT2D eigenvalue weighted by Gasteiger charge is 1.94. The van der Waals surface area contributed by atoms with Crippen LogP contribution in [0, 0.1) is 0 Å². The van der Waals surface area contributed by atoms with Crippen LogP contribution in [-0.4, -0.2) is 21.2 Å². The fourth-order valence-corrected chi connectivity index (χ4v) is 2.22. The smallest absolute Gasteiger partial charge is 0.167 e. The van der Waals surface area contributed by atoms with Crippen molar-refractivity contribution < 1.29 is 8.76 Å². The summed E-state index contributed by atoms with van der Waals surface area (Å²) in [5.74, 6) is 0.206. The van der Waals surface area contributed by atoms with Gasteiger partial charge in [-0.2, -0.15) is 0 Å². The Morgan fingerprint density at radius 1 is 0.882 bits per heavy atom. The Morgan fingerprint density at radius 2 is 1.35 bits per heavy atom. The zero-order valence-corrected chi connectivity index (χ0v) is 12.1. The molecule has 0 rings (SSSR count). The molecular weight excluding hydrogens is 234 g/mol. The van der Waals surface area contributed by atoms with Crippen molar-refractivity contribution in [3.05, 3.63) is 0 Å². The van der Waals surface area contributed by atoms with Gasteiger partial charge in [-0.15, -0.1) is 0 Å². The van der Waals surface area contributed by atoms with E-state index in [-0.39, 0.29) is 5.88 Å². The van der Waals surface area contributed by atoms with Crippen LogP contribution in [0.5, 0.6) is 0 Å². The van der Waals surface area contributed by atoms with Gasteiger partial charge >= 0.3 is 0 Å². The Morgan fingerprint density at radius 3 is 1.82 bits per heavy atom. The third-order valence-corrected chi connectivity index (χ3v) is 3.38. The molecule has 1 unspecified atom stereocenters. The molecule has 17 heavy (non-hydrogen) atoms. The van der Waals surface area contributed by atoms with Crippen molar-refractivity contribution in [3.63, 3.8) is 0 Å². The Bertz CT molecular complexity index is 177. The molecule has 0 aromatic carbocycles. The number of nitrogens with one attached hydrogen (secondary N) is 1. The van der Waals surface area contributed by atoms with Crippen LogP contribution in [0.4, 0.5) is 0 Å². The summed E-state index contributed by atoms with van der Waals surface area (Å²) in [5.41, 5.74) is 0. The normalized spacial score (nSPS) is 12.8. The lowest BCUT2D eigenvalue weighted by Gasteiger charge is -2.03. The van der Waals surface area contributed by atoms with E-state index in [1.165, 1.54) is 57.8 Å². The number of hydrogen-bond donors (Lipinski definition) is 2. The van der Waals surface area contributed by atoms with E-state index in [1.807, 2.05) is 0 Å². The molecule has 0 amide bonds. The highest BCUT2D eigenvalue weighted by molar-refractivity contribution is 7.79. The summed E-state index contributed by atoms with van der Waals surface area (Å²) in [6.07, 6.45) is 13.3. The largest absolute Gasteiger partial charge is 0.305 e. The predicted molar refractivity (Wildman–Crippen MR) is 75.5 cm³/mol. The average molecular weight is 263 g/mol. The first-order valence-electron chi connectivity index (χ1n) is 7.05. The molecule has 104 valence electrons. The van der Waals surface area contributed by atoms with Crippen LogP contribution in [-0.2, 0) is 11.1 Å². The van der Waals surface area contributed by atoms with E-state index in [9.17, 15) is 4.21 Å². The minimum atomic E-state index is -1.69. The van der Waals surface area contributed by atoms with Crippen LogP contribution in [0.25, 0.3) is 0 Å². The molecule has 0 heterocycles. The predicted octanol–water partition coefficient (Wildman–Crippen LogP) is 3.68. The molecule has 0 saturated carbocycles. The van der Waals surface area contributed by atoms with E-state index in [2.05, 4.69) is 12.2 Å². The highest BCUT2D eigenvalue weighted by atomic mass is 32.2. The van der Waals surface area contributed by atoms with Crippen LogP contribution in [0.3, 0.4) is 0 Å². The maximum absolute atomic E-state index is 10.3. The fraction of sp³-hybridized carbons (Fsp3) is 1.00. The maximum Gasteiger partial charge on any atom is 0.167 e.